The molecule has 10 heteroatoms. The second-order valence-electron chi connectivity index (χ2n) is 9.49. The standard InChI is InChI=1S/C28H29ClN6O2S/c1-17(2)37-20-15-35(16-20)27-14-25(30-26-12-18(3)33-34-26)31-28(32-27)38-21-10-8-19(9-11-21)13-24(36)22-6-4-5-7-23(22)29/h4-12,14,17,20H,13,15-16H2,1-3H3,(H2,30,31,32,33,34). The zero-order valence-corrected chi connectivity index (χ0v) is 23.0. The Bertz CT molecular complexity index is 1420. The molecule has 38 heavy (non-hydrogen) atoms. The van der Waals surface area contributed by atoms with Gasteiger partial charge in [0.05, 0.1) is 17.2 Å². The average Bonchev–Trinajstić information content (AvgIpc) is 3.26. The van der Waals surface area contributed by atoms with Crippen LogP contribution in [0.15, 0.2) is 70.7 Å². The third-order valence-electron chi connectivity index (χ3n) is 5.96. The number of aromatic nitrogens is 4. The van der Waals surface area contributed by atoms with E-state index < -0.39 is 0 Å². The molecule has 2 aromatic heterocycles. The molecule has 0 atom stereocenters. The molecule has 1 aliphatic rings. The molecule has 0 unspecified atom stereocenters. The number of carbonyl (C=O) groups excluding carboxylic acids is 1. The van der Waals surface area contributed by atoms with E-state index in [1.807, 2.05) is 69.3 Å². The van der Waals surface area contributed by atoms with E-state index in [2.05, 4.69) is 20.4 Å². The summed E-state index contributed by atoms with van der Waals surface area (Å²) in [5, 5.41) is 11.6. The number of nitrogens with one attached hydrogen (secondary N) is 2. The summed E-state index contributed by atoms with van der Waals surface area (Å²) in [6.07, 6.45) is 0.682. The van der Waals surface area contributed by atoms with Crippen LogP contribution in [-0.2, 0) is 11.2 Å². The number of benzene rings is 2. The van der Waals surface area contributed by atoms with Crippen molar-refractivity contribution in [2.45, 2.75) is 49.5 Å². The van der Waals surface area contributed by atoms with Crippen molar-refractivity contribution in [3.63, 3.8) is 0 Å². The van der Waals surface area contributed by atoms with Gasteiger partial charge < -0.3 is 15.0 Å². The second kappa shape index (κ2) is 11.6. The summed E-state index contributed by atoms with van der Waals surface area (Å²) in [5.74, 6) is 2.19. The zero-order chi connectivity index (χ0) is 26.6. The lowest BCUT2D eigenvalue weighted by molar-refractivity contribution is -0.00749. The number of carbonyl (C=O) groups is 1. The average molecular weight is 549 g/mol. The first-order valence-electron chi connectivity index (χ1n) is 12.5. The number of aromatic amines is 1. The van der Waals surface area contributed by atoms with Gasteiger partial charge >= 0.3 is 0 Å². The second-order valence-corrected chi connectivity index (χ2v) is 10.9. The highest BCUT2D eigenvalue weighted by atomic mass is 35.5. The van der Waals surface area contributed by atoms with E-state index in [9.17, 15) is 4.79 Å². The van der Waals surface area contributed by atoms with Crippen molar-refractivity contribution in [3.05, 3.63) is 82.5 Å². The van der Waals surface area contributed by atoms with Gasteiger partial charge in [-0.2, -0.15) is 5.10 Å². The first-order valence-corrected chi connectivity index (χ1v) is 13.6. The summed E-state index contributed by atoms with van der Waals surface area (Å²) >= 11 is 7.65. The van der Waals surface area contributed by atoms with Gasteiger partial charge in [0, 0.05) is 47.8 Å². The van der Waals surface area contributed by atoms with Crippen LogP contribution < -0.4 is 10.2 Å². The van der Waals surface area contributed by atoms with Crippen molar-refractivity contribution in [2.24, 2.45) is 0 Å². The third kappa shape index (κ3) is 6.53. The Kier molecular flexibility index (Phi) is 7.97. The van der Waals surface area contributed by atoms with Crippen LogP contribution in [0.5, 0.6) is 0 Å². The highest BCUT2D eigenvalue weighted by Gasteiger charge is 2.30. The maximum Gasteiger partial charge on any atom is 0.196 e. The van der Waals surface area contributed by atoms with Crippen LogP contribution in [0.3, 0.4) is 0 Å². The van der Waals surface area contributed by atoms with E-state index >= 15 is 0 Å². The number of hydrogen-bond donors (Lipinski definition) is 2. The lowest BCUT2D eigenvalue weighted by Gasteiger charge is -2.40. The fourth-order valence-electron chi connectivity index (χ4n) is 4.14. The Labute approximate surface area is 231 Å². The van der Waals surface area contributed by atoms with E-state index in [0.29, 0.717) is 27.4 Å². The molecular weight excluding hydrogens is 520 g/mol. The normalized spacial score (nSPS) is 13.6. The lowest BCUT2D eigenvalue weighted by atomic mass is 10.0. The molecule has 8 nitrogen and oxygen atoms in total. The maximum absolute atomic E-state index is 12.7. The predicted molar refractivity (Wildman–Crippen MR) is 151 cm³/mol. The Balaban J connectivity index is 1.31. The number of ether oxygens (including phenoxy) is 1. The maximum atomic E-state index is 12.7. The highest BCUT2D eigenvalue weighted by Crippen LogP contribution is 2.31. The minimum Gasteiger partial charge on any atom is -0.372 e. The summed E-state index contributed by atoms with van der Waals surface area (Å²) in [7, 11) is 0. The molecule has 1 saturated heterocycles. The van der Waals surface area contributed by atoms with Crippen molar-refractivity contribution < 1.29 is 9.53 Å². The molecule has 3 heterocycles. The monoisotopic (exact) mass is 548 g/mol. The predicted octanol–water partition coefficient (Wildman–Crippen LogP) is 6.10. The Morgan fingerprint density at radius 1 is 1.13 bits per heavy atom. The molecule has 1 fully saturated rings. The summed E-state index contributed by atoms with van der Waals surface area (Å²) in [6.45, 7) is 7.62. The van der Waals surface area contributed by atoms with Crippen LogP contribution in [0.25, 0.3) is 0 Å². The first kappa shape index (κ1) is 26.2. The smallest absolute Gasteiger partial charge is 0.196 e. The number of hydrogen-bond acceptors (Lipinski definition) is 8. The van der Waals surface area contributed by atoms with Gasteiger partial charge in [0.25, 0.3) is 0 Å². The van der Waals surface area contributed by atoms with Gasteiger partial charge in [-0.25, -0.2) is 9.97 Å². The van der Waals surface area contributed by atoms with Gasteiger partial charge in [0.15, 0.2) is 16.8 Å². The van der Waals surface area contributed by atoms with Crippen molar-refractivity contribution in [3.8, 4) is 0 Å². The topological polar surface area (TPSA) is 96.0 Å². The number of halogens is 1. The molecule has 196 valence electrons. The molecule has 0 spiro atoms. The molecule has 4 aromatic rings. The van der Waals surface area contributed by atoms with Gasteiger partial charge in [-0.05, 0) is 62.4 Å². The molecule has 0 bridgehead atoms. The van der Waals surface area contributed by atoms with Crippen LogP contribution >= 0.6 is 23.4 Å². The molecule has 2 N–H and O–H groups in total. The molecule has 2 aromatic carbocycles. The minimum absolute atomic E-state index is 0.00865. The van der Waals surface area contributed by atoms with Crippen molar-refractivity contribution >= 4 is 46.6 Å². The fraction of sp³-hybridized carbons (Fsp3) is 0.286. The summed E-state index contributed by atoms with van der Waals surface area (Å²) in [5.41, 5.74) is 2.42. The number of ketones is 1. The van der Waals surface area contributed by atoms with Crippen molar-refractivity contribution in [2.75, 3.05) is 23.3 Å². The summed E-state index contributed by atoms with van der Waals surface area (Å²) in [4.78, 5) is 25.4. The van der Waals surface area contributed by atoms with Crippen LogP contribution in [0, 0.1) is 6.92 Å². The number of anilines is 3. The molecule has 0 saturated carbocycles. The molecule has 5 rings (SSSR count). The van der Waals surface area contributed by atoms with Gasteiger partial charge in [-0.3, -0.25) is 9.89 Å². The number of Topliss-reactive ketones (excluding diaryl/α,β-unsaturated/α-hetero) is 1. The van der Waals surface area contributed by atoms with E-state index in [0.717, 1.165) is 35.1 Å². The number of H-pyrrole nitrogens is 1. The van der Waals surface area contributed by atoms with E-state index in [1.165, 1.54) is 11.8 Å². The van der Waals surface area contributed by atoms with Gasteiger partial charge in [0.1, 0.15) is 11.6 Å². The number of nitrogens with zero attached hydrogens (tertiary/aromatic N) is 4. The molecule has 0 amide bonds. The first-order chi connectivity index (χ1) is 18.3. The van der Waals surface area contributed by atoms with Crippen LogP contribution in [0.4, 0.5) is 17.5 Å². The Hall–Kier alpha value is -3.40. The minimum atomic E-state index is -0.00865. The van der Waals surface area contributed by atoms with E-state index in [1.54, 1.807) is 12.1 Å². The fourth-order valence-corrected chi connectivity index (χ4v) is 5.15. The van der Waals surface area contributed by atoms with Crippen LogP contribution in [-0.4, -0.2) is 51.2 Å². The third-order valence-corrected chi connectivity index (χ3v) is 7.16. The van der Waals surface area contributed by atoms with Crippen LogP contribution in [0.1, 0.15) is 35.5 Å². The van der Waals surface area contributed by atoms with Gasteiger partial charge in [-0.15, -0.1) is 0 Å². The molecule has 0 aliphatic carbocycles. The summed E-state index contributed by atoms with van der Waals surface area (Å²) in [6, 6.07) is 18.9. The van der Waals surface area contributed by atoms with E-state index in [4.69, 9.17) is 26.3 Å². The number of aryl methyl sites for hydroxylation is 1. The largest absolute Gasteiger partial charge is 0.372 e. The Morgan fingerprint density at radius 3 is 2.58 bits per heavy atom. The number of rotatable bonds is 10. The van der Waals surface area contributed by atoms with E-state index in [-0.39, 0.29) is 24.4 Å². The van der Waals surface area contributed by atoms with Gasteiger partial charge in [0.2, 0.25) is 0 Å². The van der Waals surface area contributed by atoms with Crippen molar-refractivity contribution in [1.82, 2.24) is 20.2 Å². The lowest BCUT2D eigenvalue weighted by Crippen LogP contribution is -2.53. The SMILES string of the molecule is Cc1cc(Nc2cc(N3CC(OC(C)C)C3)nc(Sc3ccc(CC(=O)c4ccccc4Cl)cc3)n2)n[nH]1. The van der Waals surface area contributed by atoms with Crippen LogP contribution in [0.2, 0.25) is 5.02 Å². The quantitative estimate of drug-likeness (QED) is 0.181. The Morgan fingerprint density at radius 2 is 1.89 bits per heavy atom. The van der Waals surface area contributed by atoms with Crippen molar-refractivity contribution in [1.29, 1.82) is 0 Å². The van der Waals surface area contributed by atoms with Gasteiger partial charge in [-0.1, -0.05) is 35.9 Å². The molecule has 1 aliphatic heterocycles. The zero-order valence-electron chi connectivity index (χ0n) is 21.4. The highest BCUT2D eigenvalue weighted by molar-refractivity contribution is 7.99. The molecular formula is C28H29ClN6O2S. The molecule has 0 radical (unpaired) electrons. The summed E-state index contributed by atoms with van der Waals surface area (Å²) < 4.78 is 5.91.